The number of carbonyl (C=O) groups excluding carboxylic acids is 1. The number of halogens is 3. The number of alkyl halides is 3. The maximum atomic E-state index is 12.7. The van der Waals surface area contributed by atoms with Crippen LogP contribution in [0.1, 0.15) is 23.7 Å². The molecule has 0 spiro atoms. The van der Waals surface area contributed by atoms with Crippen molar-refractivity contribution in [3.05, 3.63) is 47.2 Å². The zero-order valence-electron chi connectivity index (χ0n) is 15.2. The molecular weight excluding hydrogens is 359 g/mol. The minimum atomic E-state index is -4.42. The number of nitrogens with one attached hydrogen (secondary N) is 3. The van der Waals surface area contributed by atoms with E-state index in [4.69, 9.17) is 0 Å². The fraction of sp³-hybridized carbons (Fsp3) is 0.389. The molecule has 0 saturated carbocycles. The molecule has 1 aromatic heterocycles. The van der Waals surface area contributed by atoms with Gasteiger partial charge in [0.15, 0.2) is 0 Å². The summed E-state index contributed by atoms with van der Waals surface area (Å²) in [6.07, 6.45) is -4.54. The number of aromatic nitrogens is 2. The van der Waals surface area contributed by atoms with Gasteiger partial charge in [0.05, 0.1) is 12.0 Å². The zero-order chi connectivity index (χ0) is 19.9. The second-order valence-corrected chi connectivity index (χ2v) is 5.90. The van der Waals surface area contributed by atoms with Gasteiger partial charge in [-0.05, 0) is 25.5 Å². The number of anilines is 2. The second-order valence-electron chi connectivity index (χ2n) is 5.90. The van der Waals surface area contributed by atoms with Crippen molar-refractivity contribution in [3.8, 4) is 0 Å². The van der Waals surface area contributed by atoms with E-state index in [2.05, 4.69) is 25.9 Å². The van der Waals surface area contributed by atoms with Crippen molar-refractivity contribution in [2.75, 3.05) is 30.3 Å². The van der Waals surface area contributed by atoms with Crippen LogP contribution in [0.2, 0.25) is 0 Å². The molecule has 0 saturated heterocycles. The quantitative estimate of drug-likeness (QED) is 0.613. The average molecular weight is 381 g/mol. The lowest BCUT2D eigenvalue weighted by Crippen LogP contribution is -2.30. The predicted octanol–water partition coefficient (Wildman–Crippen LogP) is 3.01. The Morgan fingerprint density at radius 2 is 1.89 bits per heavy atom. The summed E-state index contributed by atoms with van der Waals surface area (Å²) in [6.45, 7) is 5.24. The molecule has 0 aliphatic rings. The van der Waals surface area contributed by atoms with Gasteiger partial charge >= 0.3 is 6.18 Å². The molecule has 146 valence electrons. The number of amides is 1. The molecule has 0 bridgehead atoms. The van der Waals surface area contributed by atoms with Gasteiger partial charge in [-0.2, -0.15) is 18.2 Å². The van der Waals surface area contributed by atoms with Gasteiger partial charge in [-0.1, -0.05) is 18.2 Å². The van der Waals surface area contributed by atoms with Crippen molar-refractivity contribution in [3.63, 3.8) is 0 Å². The molecule has 0 radical (unpaired) electrons. The molecule has 0 aliphatic heterocycles. The Labute approximate surface area is 155 Å². The van der Waals surface area contributed by atoms with Crippen LogP contribution in [0.4, 0.5) is 24.9 Å². The molecule has 6 nitrogen and oxygen atoms in total. The maximum Gasteiger partial charge on any atom is 0.416 e. The van der Waals surface area contributed by atoms with Crippen molar-refractivity contribution >= 4 is 17.7 Å². The van der Waals surface area contributed by atoms with E-state index in [9.17, 15) is 18.0 Å². The summed E-state index contributed by atoms with van der Waals surface area (Å²) in [6, 6.07) is 6.58. The molecule has 9 heteroatoms. The highest BCUT2D eigenvalue weighted by Gasteiger charge is 2.30. The first kappa shape index (κ1) is 20.5. The minimum Gasteiger partial charge on any atom is -0.370 e. The third-order valence-electron chi connectivity index (χ3n) is 3.56. The number of nitrogens with zero attached hydrogens (tertiary/aromatic N) is 2. The van der Waals surface area contributed by atoms with Crippen LogP contribution < -0.4 is 16.0 Å². The van der Waals surface area contributed by atoms with Gasteiger partial charge in [0.25, 0.3) is 0 Å². The number of rotatable bonds is 8. The highest BCUT2D eigenvalue weighted by molar-refractivity contribution is 5.78. The molecule has 0 atom stereocenters. The van der Waals surface area contributed by atoms with Gasteiger partial charge in [-0.25, -0.2) is 4.98 Å². The van der Waals surface area contributed by atoms with E-state index in [1.165, 1.54) is 12.1 Å². The average Bonchev–Trinajstić information content (AvgIpc) is 2.58. The highest BCUT2D eigenvalue weighted by Crippen LogP contribution is 2.29. The number of hydrogen-bond acceptors (Lipinski definition) is 5. The summed E-state index contributed by atoms with van der Waals surface area (Å²) < 4.78 is 38.1. The molecule has 2 aromatic rings. The number of aryl methyl sites for hydroxylation is 1. The van der Waals surface area contributed by atoms with Crippen molar-refractivity contribution < 1.29 is 18.0 Å². The van der Waals surface area contributed by atoms with Crippen molar-refractivity contribution in [2.45, 2.75) is 26.4 Å². The lowest BCUT2D eigenvalue weighted by molar-refractivity contribution is -0.137. The van der Waals surface area contributed by atoms with Crippen LogP contribution in [0.25, 0.3) is 0 Å². The van der Waals surface area contributed by atoms with E-state index in [1.54, 1.807) is 0 Å². The molecule has 1 aromatic carbocycles. The summed E-state index contributed by atoms with van der Waals surface area (Å²) in [7, 11) is 0. The molecule has 2 rings (SSSR count). The Balaban J connectivity index is 1.80. The van der Waals surface area contributed by atoms with E-state index in [-0.39, 0.29) is 12.3 Å². The first-order valence-electron chi connectivity index (χ1n) is 8.54. The summed E-state index contributed by atoms with van der Waals surface area (Å²) in [4.78, 5) is 20.5. The van der Waals surface area contributed by atoms with Crippen LogP contribution in [0.5, 0.6) is 0 Å². The molecule has 1 amide bonds. The van der Waals surface area contributed by atoms with Crippen LogP contribution in [0.3, 0.4) is 0 Å². The number of carbonyl (C=O) groups is 1. The van der Waals surface area contributed by atoms with E-state index < -0.39 is 11.7 Å². The Hall–Kier alpha value is -2.84. The van der Waals surface area contributed by atoms with Crippen LogP contribution >= 0.6 is 0 Å². The van der Waals surface area contributed by atoms with Gasteiger partial charge in [0, 0.05) is 31.4 Å². The summed E-state index contributed by atoms with van der Waals surface area (Å²) in [5.41, 5.74) is 0.354. The number of hydrogen-bond donors (Lipinski definition) is 3. The van der Waals surface area contributed by atoms with E-state index in [1.807, 2.05) is 19.9 Å². The van der Waals surface area contributed by atoms with E-state index >= 15 is 0 Å². The topological polar surface area (TPSA) is 78.9 Å². The molecule has 0 unspecified atom stereocenters. The molecule has 27 heavy (non-hydrogen) atoms. The second kappa shape index (κ2) is 9.20. The SMILES string of the molecule is CCNc1cc(C)nc(NCCNC(=O)Cc2cccc(C(F)(F)F)c2)n1. The van der Waals surface area contributed by atoms with Gasteiger partial charge in [0.1, 0.15) is 5.82 Å². The van der Waals surface area contributed by atoms with E-state index in [0.717, 1.165) is 24.4 Å². The first-order valence-corrected chi connectivity index (χ1v) is 8.54. The smallest absolute Gasteiger partial charge is 0.370 e. The summed E-state index contributed by atoms with van der Waals surface area (Å²) in [5.74, 6) is 0.800. The fourth-order valence-electron chi connectivity index (χ4n) is 2.40. The van der Waals surface area contributed by atoms with Gasteiger partial charge in [-0.3, -0.25) is 4.79 Å². The molecule has 0 aliphatic carbocycles. The first-order chi connectivity index (χ1) is 12.8. The predicted molar refractivity (Wildman–Crippen MR) is 97.6 cm³/mol. The van der Waals surface area contributed by atoms with Gasteiger partial charge < -0.3 is 16.0 Å². The fourth-order valence-corrected chi connectivity index (χ4v) is 2.40. The van der Waals surface area contributed by atoms with Gasteiger partial charge in [0.2, 0.25) is 11.9 Å². The lowest BCUT2D eigenvalue weighted by atomic mass is 10.1. The zero-order valence-corrected chi connectivity index (χ0v) is 15.2. The van der Waals surface area contributed by atoms with Crippen molar-refractivity contribution in [2.24, 2.45) is 0 Å². The third kappa shape index (κ3) is 6.76. The van der Waals surface area contributed by atoms with Crippen LogP contribution in [-0.2, 0) is 17.4 Å². The molecule has 0 fully saturated rings. The molecule has 3 N–H and O–H groups in total. The standard InChI is InChI=1S/C18H22F3N5O/c1-3-22-15-9-12(2)25-17(26-15)24-8-7-23-16(27)11-13-5-4-6-14(10-13)18(19,20)21/h4-6,9-10H,3,7-8,11H2,1-2H3,(H,23,27)(H2,22,24,25,26). The van der Waals surface area contributed by atoms with Crippen molar-refractivity contribution in [1.29, 1.82) is 0 Å². The third-order valence-corrected chi connectivity index (χ3v) is 3.56. The number of benzene rings is 1. The maximum absolute atomic E-state index is 12.7. The largest absolute Gasteiger partial charge is 0.416 e. The van der Waals surface area contributed by atoms with E-state index in [0.29, 0.717) is 30.4 Å². The Kier molecular flexibility index (Phi) is 6.98. The summed E-state index contributed by atoms with van der Waals surface area (Å²) >= 11 is 0. The Morgan fingerprint density at radius 1 is 1.11 bits per heavy atom. The van der Waals surface area contributed by atoms with Gasteiger partial charge in [-0.15, -0.1) is 0 Å². The summed E-state index contributed by atoms with van der Waals surface area (Å²) in [5, 5.41) is 8.77. The normalized spacial score (nSPS) is 11.1. The molecular formula is C18H22F3N5O. The minimum absolute atomic E-state index is 0.116. The van der Waals surface area contributed by atoms with Crippen LogP contribution in [0.15, 0.2) is 30.3 Å². The Morgan fingerprint density at radius 3 is 2.59 bits per heavy atom. The monoisotopic (exact) mass is 381 g/mol. The highest BCUT2D eigenvalue weighted by atomic mass is 19.4. The van der Waals surface area contributed by atoms with Crippen LogP contribution in [0, 0.1) is 6.92 Å². The lowest BCUT2D eigenvalue weighted by Gasteiger charge is -2.10. The molecule has 1 heterocycles. The Bertz CT molecular complexity index is 780. The van der Waals surface area contributed by atoms with Crippen LogP contribution in [-0.4, -0.2) is 35.5 Å². The van der Waals surface area contributed by atoms with Crippen molar-refractivity contribution in [1.82, 2.24) is 15.3 Å².